The first-order valence-electron chi connectivity index (χ1n) is 10.8. The number of hydrogen-bond donors (Lipinski definition) is 2. The van der Waals surface area contributed by atoms with E-state index in [0.717, 1.165) is 0 Å². The highest BCUT2D eigenvalue weighted by atomic mass is 19.1. The van der Waals surface area contributed by atoms with E-state index in [4.69, 9.17) is 9.15 Å². The van der Waals surface area contributed by atoms with Gasteiger partial charge in [0, 0.05) is 11.9 Å². The highest BCUT2D eigenvalue weighted by molar-refractivity contribution is 6.16. The molecule has 5 rings (SSSR count). The molecule has 4 aromatic rings. The van der Waals surface area contributed by atoms with Crippen LogP contribution in [0, 0.1) is 5.82 Å². The minimum Gasteiger partial charge on any atom is -0.508 e. The molecule has 0 bridgehead atoms. The van der Waals surface area contributed by atoms with Crippen LogP contribution in [0.15, 0.2) is 88.5 Å². The molecule has 8 heteroatoms. The van der Waals surface area contributed by atoms with E-state index in [9.17, 15) is 24.2 Å². The number of carbonyl (C=O) groups excluding carboxylic acids is 2. The minimum atomic E-state index is -0.962. The Bertz CT molecular complexity index is 1470. The van der Waals surface area contributed by atoms with Gasteiger partial charge in [-0.05, 0) is 47.5 Å². The van der Waals surface area contributed by atoms with Crippen molar-refractivity contribution in [3.63, 3.8) is 0 Å². The number of aromatic hydroxyl groups is 1. The van der Waals surface area contributed by atoms with E-state index in [1.54, 1.807) is 30.3 Å². The number of benzene rings is 3. The van der Waals surface area contributed by atoms with Crippen LogP contribution in [0.3, 0.4) is 0 Å². The first kappa shape index (κ1) is 22.2. The van der Waals surface area contributed by atoms with Crippen LogP contribution in [-0.2, 0) is 11.3 Å². The summed E-state index contributed by atoms with van der Waals surface area (Å²) >= 11 is 0. The number of ether oxygens (including phenoxy) is 1. The first-order chi connectivity index (χ1) is 16.9. The molecule has 176 valence electrons. The lowest BCUT2D eigenvalue weighted by Gasteiger charge is -2.27. The second-order valence-corrected chi connectivity index (χ2v) is 8.13. The quantitative estimate of drug-likeness (QED) is 0.380. The average Bonchev–Trinajstić information content (AvgIpc) is 3.40. The maximum absolute atomic E-state index is 13.6. The number of amides is 1. The predicted octanol–water partition coefficient (Wildman–Crippen LogP) is 5.06. The van der Waals surface area contributed by atoms with E-state index in [1.807, 2.05) is 0 Å². The maximum Gasteiger partial charge on any atom is 0.290 e. The number of methoxy groups -OCH3 is 1. The molecule has 1 aliphatic heterocycles. The summed E-state index contributed by atoms with van der Waals surface area (Å²) in [6.45, 7) is 0.0133. The number of aliphatic hydroxyl groups excluding tert-OH is 1. The molecule has 35 heavy (non-hydrogen) atoms. The number of hydrogen-bond acceptors (Lipinski definition) is 6. The van der Waals surface area contributed by atoms with Gasteiger partial charge in [-0.15, -0.1) is 0 Å². The molecule has 0 aliphatic carbocycles. The molecule has 1 amide bonds. The van der Waals surface area contributed by atoms with Gasteiger partial charge in [0.05, 0.1) is 18.7 Å². The summed E-state index contributed by atoms with van der Waals surface area (Å²) in [5, 5.41) is 21.2. The van der Waals surface area contributed by atoms with Crippen LogP contribution in [0.4, 0.5) is 4.39 Å². The van der Waals surface area contributed by atoms with E-state index < -0.39 is 29.3 Å². The van der Waals surface area contributed by atoms with Crippen molar-refractivity contribution in [2.45, 2.75) is 12.6 Å². The largest absolute Gasteiger partial charge is 0.508 e. The van der Waals surface area contributed by atoms with Gasteiger partial charge in [0.1, 0.15) is 11.6 Å². The van der Waals surface area contributed by atoms with Crippen molar-refractivity contribution in [2.24, 2.45) is 0 Å². The number of phenolic OH excluding ortho intramolecular Hbond substituents is 1. The number of phenols is 1. The Hall–Kier alpha value is -4.59. The van der Waals surface area contributed by atoms with E-state index in [0.29, 0.717) is 27.8 Å². The van der Waals surface area contributed by atoms with Crippen LogP contribution in [0.2, 0.25) is 0 Å². The zero-order valence-electron chi connectivity index (χ0n) is 18.6. The second-order valence-electron chi connectivity index (χ2n) is 8.13. The first-order valence-corrected chi connectivity index (χ1v) is 10.8. The summed E-state index contributed by atoms with van der Waals surface area (Å²) in [7, 11) is 1.48. The van der Waals surface area contributed by atoms with Crippen molar-refractivity contribution in [1.29, 1.82) is 0 Å². The summed E-state index contributed by atoms with van der Waals surface area (Å²) in [6.07, 6.45) is 0. The van der Waals surface area contributed by atoms with Gasteiger partial charge in [0.15, 0.2) is 22.9 Å². The topological polar surface area (TPSA) is 100 Å². The van der Waals surface area contributed by atoms with Crippen LogP contribution in [-0.4, -0.2) is 33.9 Å². The van der Waals surface area contributed by atoms with Crippen molar-refractivity contribution in [2.75, 3.05) is 7.11 Å². The molecule has 1 aromatic heterocycles. The van der Waals surface area contributed by atoms with E-state index in [-0.39, 0.29) is 23.6 Å². The summed E-state index contributed by atoms with van der Waals surface area (Å²) in [4.78, 5) is 28.1. The van der Waals surface area contributed by atoms with Crippen LogP contribution < -0.4 is 4.74 Å². The molecular weight excluding hydrogens is 453 g/mol. The Morgan fingerprint density at radius 1 is 1.06 bits per heavy atom. The van der Waals surface area contributed by atoms with Gasteiger partial charge in [-0.1, -0.05) is 36.4 Å². The molecule has 0 fully saturated rings. The molecule has 0 saturated carbocycles. The van der Waals surface area contributed by atoms with Gasteiger partial charge in [-0.25, -0.2) is 4.39 Å². The lowest BCUT2D eigenvalue weighted by Crippen LogP contribution is -2.30. The minimum absolute atomic E-state index is 0.00798. The SMILES string of the molecule is COc1cccc2cc(C(=O)C3=C(O)C(=O)N(Cc4ccc(F)cc4)C3c3ccc(O)cc3)oc12. The van der Waals surface area contributed by atoms with Gasteiger partial charge >= 0.3 is 0 Å². The van der Waals surface area contributed by atoms with Crippen LogP contribution >= 0.6 is 0 Å². The lowest BCUT2D eigenvalue weighted by molar-refractivity contribution is -0.130. The fourth-order valence-electron chi connectivity index (χ4n) is 4.28. The monoisotopic (exact) mass is 473 g/mol. The van der Waals surface area contributed by atoms with E-state index in [2.05, 4.69) is 0 Å². The zero-order valence-corrected chi connectivity index (χ0v) is 18.6. The molecule has 0 saturated heterocycles. The summed E-state index contributed by atoms with van der Waals surface area (Å²) < 4.78 is 24.5. The van der Waals surface area contributed by atoms with Gasteiger partial charge in [-0.3, -0.25) is 9.59 Å². The van der Waals surface area contributed by atoms with Gasteiger partial charge in [0.2, 0.25) is 5.78 Å². The average molecular weight is 473 g/mol. The van der Waals surface area contributed by atoms with Gasteiger partial charge in [-0.2, -0.15) is 0 Å². The number of ketones is 1. The molecule has 2 N–H and O–H groups in total. The van der Waals surface area contributed by atoms with Crippen LogP contribution in [0.5, 0.6) is 11.5 Å². The molecule has 0 spiro atoms. The molecule has 0 radical (unpaired) electrons. The number of rotatable bonds is 6. The van der Waals surface area contributed by atoms with Crippen molar-refractivity contribution >= 4 is 22.7 Å². The highest BCUT2D eigenvalue weighted by Gasteiger charge is 2.44. The Balaban J connectivity index is 1.59. The third-order valence-electron chi connectivity index (χ3n) is 5.97. The number of para-hydroxylation sites is 1. The van der Waals surface area contributed by atoms with Crippen molar-refractivity contribution in [3.05, 3.63) is 107 Å². The summed E-state index contributed by atoms with van der Waals surface area (Å²) in [5.41, 5.74) is 1.32. The Kier molecular flexibility index (Phi) is 5.49. The third-order valence-corrected chi connectivity index (χ3v) is 5.97. The van der Waals surface area contributed by atoms with Crippen molar-refractivity contribution < 1.29 is 33.3 Å². The number of halogens is 1. The molecule has 1 atom stereocenters. The lowest BCUT2D eigenvalue weighted by atomic mass is 9.94. The number of aliphatic hydroxyl groups is 1. The van der Waals surface area contributed by atoms with Gasteiger partial charge < -0.3 is 24.3 Å². The normalized spacial score (nSPS) is 15.8. The molecular formula is C27H20FNO6. The Morgan fingerprint density at radius 2 is 1.77 bits per heavy atom. The fraction of sp³-hybridized carbons (Fsp3) is 0.111. The third kappa shape index (κ3) is 3.89. The van der Waals surface area contributed by atoms with Crippen LogP contribution in [0.25, 0.3) is 11.0 Å². The number of furan rings is 1. The fourth-order valence-corrected chi connectivity index (χ4v) is 4.28. The van der Waals surface area contributed by atoms with Crippen molar-refractivity contribution in [3.8, 4) is 11.5 Å². The highest BCUT2D eigenvalue weighted by Crippen LogP contribution is 2.41. The molecule has 1 aliphatic rings. The number of fused-ring (bicyclic) bond motifs is 1. The Morgan fingerprint density at radius 3 is 2.46 bits per heavy atom. The smallest absolute Gasteiger partial charge is 0.290 e. The molecule has 3 aromatic carbocycles. The number of Topliss-reactive ketones (excluding diaryl/α,β-unsaturated/α-hetero) is 1. The second kappa shape index (κ2) is 8.64. The van der Waals surface area contributed by atoms with Gasteiger partial charge in [0.25, 0.3) is 5.91 Å². The van der Waals surface area contributed by atoms with E-state index in [1.165, 1.54) is 54.5 Å². The predicted molar refractivity (Wildman–Crippen MR) is 125 cm³/mol. The maximum atomic E-state index is 13.6. The Labute approximate surface area is 199 Å². The standard InChI is InChI=1S/C27H20FNO6/c1-34-20-4-2-3-17-13-21(35-26(17)20)24(31)22-23(16-7-11-19(30)12-8-16)29(27(33)25(22)32)14-15-5-9-18(28)10-6-15/h2-13,23,30,32H,14H2,1H3. The van der Waals surface area contributed by atoms with E-state index >= 15 is 0 Å². The van der Waals surface area contributed by atoms with Crippen molar-refractivity contribution in [1.82, 2.24) is 4.90 Å². The molecule has 2 heterocycles. The number of nitrogens with zero attached hydrogens (tertiary/aromatic N) is 1. The molecule has 7 nitrogen and oxygen atoms in total. The molecule has 1 unspecified atom stereocenters. The zero-order chi connectivity index (χ0) is 24.7. The van der Waals surface area contributed by atoms with Crippen LogP contribution in [0.1, 0.15) is 27.7 Å². The summed E-state index contributed by atoms with van der Waals surface area (Å²) in [6, 6.07) is 17.4. The number of carbonyl (C=O) groups is 2. The summed E-state index contributed by atoms with van der Waals surface area (Å²) in [5.74, 6) is -2.13.